The third-order valence-electron chi connectivity index (χ3n) is 1.22. The molecule has 0 heterocycles. The maximum absolute atomic E-state index is 12.6. The lowest BCUT2D eigenvalue weighted by atomic mass is 10.1. The van der Waals surface area contributed by atoms with Crippen molar-refractivity contribution < 1.29 is 29.6 Å². The van der Waals surface area contributed by atoms with Gasteiger partial charge in [-0.1, -0.05) is 0 Å². The van der Waals surface area contributed by atoms with Gasteiger partial charge in [0.25, 0.3) is 5.24 Å². The molecule has 72 valence electrons. The minimum atomic E-state index is -3.75. The first-order chi connectivity index (χ1) is 5.34. The molecule has 0 saturated carbocycles. The molecular weight excluding hydrogens is 195 g/mol. The number of rotatable bonds is 4. The number of aliphatic hydroxyl groups excluding tert-OH is 3. The van der Waals surface area contributed by atoms with Gasteiger partial charge in [0.1, 0.15) is 12.2 Å². The second-order valence-corrected chi connectivity index (χ2v) is 2.49. The molecule has 12 heavy (non-hydrogen) atoms. The van der Waals surface area contributed by atoms with Crippen LogP contribution in [-0.2, 0) is 4.79 Å². The average Bonchev–Trinajstić information content (AvgIpc) is 2.01. The Kier molecular flexibility index (Phi) is 4.01. The Morgan fingerprint density at radius 3 is 2.25 bits per heavy atom. The Morgan fingerprint density at radius 1 is 1.58 bits per heavy atom. The van der Waals surface area contributed by atoms with E-state index in [0.717, 1.165) is 0 Å². The molecule has 0 aliphatic carbocycles. The summed E-state index contributed by atoms with van der Waals surface area (Å²) in [6, 6.07) is 0. The SMILES string of the molecule is O=C(Cl)[C@@](O)(F)[C@H](O)[C@H](O)CO. The number of alkyl halides is 1. The molecule has 0 aliphatic heterocycles. The highest BCUT2D eigenvalue weighted by Gasteiger charge is 2.46. The molecule has 0 spiro atoms. The molecule has 0 radical (unpaired) electrons. The molecule has 3 atom stereocenters. The molecule has 0 unspecified atom stereocenters. The van der Waals surface area contributed by atoms with E-state index in [4.69, 9.17) is 20.4 Å². The number of halogens is 2. The third-order valence-corrected chi connectivity index (χ3v) is 1.48. The maximum Gasteiger partial charge on any atom is 0.310 e. The predicted octanol–water partition coefficient (Wildman–Crippen LogP) is -1.88. The van der Waals surface area contributed by atoms with Gasteiger partial charge in [-0.25, -0.2) is 0 Å². The molecular formula is C5H8ClFO5. The van der Waals surface area contributed by atoms with Gasteiger partial charge in [-0.15, -0.1) is 0 Å². The van der Waals surface area contributed by atoms with Crippen LogP contribution in [0.5, 0.6) is 0 Å². The van der Waals surface area contributed by atoms with Crippen LogP contribution in [0.3, 0.4) is 0 Å². The summed E-state index contributed by atoms with van der Waals surface area (Å²) in [6.07, 6.45) is -4.44. The van der Waals surface area contributed by atoms with Gasteiger partial charge in [0, 0.05) is 0 Å². The van der Waals surface area contributed by atoms with E-state index in [0.29, 0.717) is 0 Å². The van der Waals surface area contributed by atoms with Crippen LogP contribution < -0.4 is 0 Å². The van der Waals surface area contributed by atoms with E-state index in [9.17, 15) is 9.18 Å². The van der Waals surface area contributed by atoms with Gasteiger partial charge >= 0.3 is 5.85 Å². The Labute approximate surface area is 72.0 Å². The van der Waals surface area contributed by atoms with E-state index < -0.39 is 29.9 Å². The third kappa shape index (κ3) is 2.36. The van der Waals surface area contributed by atoms with Gasteiger partial charge in [-0.2, -0.15) is 4.39 Å². The molecule has 0 aliphatic rings. The monoisotopic (exact) mass is 202 g/mol. The predicted molar refractivity (Wildman–Crippen MR) is 36.0 cm³/mol. The molecule has 0 aromatic rings. The van der Waals surface area contributed by atoms with E-state index in [1.165, 1.54) is 0 Å². The summed E-state index contributed by atoms with van der Waals surface area (Å²) in [5.74, 6) is -3.75. The molecule has 5 nitrogen and oxygen atoms in total. The van der Waals surface area contributed by atoms with E-state index in [1.807, 2.05) is 0 Å². The topological polar surface area (TPSA) is 98.0 Å². The smallest absolute Gasteiger partial charge is 0.310 e. The number of hydrogen-bond acceptors (Lipinski definition) is 5. The molecule has 0 fully saturated rings. The molecule has 0 bridgehead atoms. The number of aliphatic hydroxyl groups is 4. The lowest BCUT2D eigenvalue weighted by Crippen LogP contribution is -2.50. The summed E-state index contributed by atoms with van der Waals surface area (Å²) >= 11 is 4.55. The van der Waals surface area contributed by atoms with Crippen molar-refractivity contribution in [2.24, 2.45) is 0 Å². The molecule has 0 aromatic heterocycles. The van der Waals surface area contributed by atoms with Crippen LogP contribution in [0.15, 0.2) is 0 Å². The van der Waals surface area contributed by atoms with Crippen molar-refractivity contribution in [3.8, 4) is 0 Å². The second-order valence-electron chi connectivity index (χ2n) is 2.14. The largest absolute Gasteiger partial charge is 0.394 e. The first-order valence-corrected chi connectivity index (χ1v) is 3.30. The Bertz CT molecular complexity index is 173. The van der Waals surface area contributed by atoms with Crippen molar-refractivity contribution in [1.29, 1.82) is 0 Å². The highest BCUT2D eigenvalue weighted by molar-refractivity contribution is 6.65. The van der Waals surface area contributed by atoms with Crippen LogP contribution in [0.25, 0.3) is 0 Å². The van der Waals surface area contributed by atoms with Crippen LogP contribution in [0.4, 0.5) is 4.39 Å². The fraction of sp³-hybridized carbons (Fsp3) is 0.800. The van der Waals surface area contributed by atoms with Crippen LogP contribution in [0.2, 0.25) is 0 Å². The summed E-state index contributed by atoms with van der Waals surface area (Å²) in [6.45, 7) is -1.00. The lowest BCUT2D eigenvalue weighted by molar-refractivity contribution is -0.199. The summed E-state index contributed by atoms with van der Waals surface area (Å²) in [4.78, 5) is 10.1. The minimum Gasteiger partial charge on any atom is -0.394 e. The molecule has 0 saturated heterocycles. The van der Waals surface area contributed by atoms with Gasteiger partial charge in [-0.3, -0.25) is 4.79 Å². The van der Waals surface area contributed by atoms with Crippen molar-refractivity contribution in [1.82, 2.24) is 0 Å². The molecule has 0 amide bonds. The normalized spacial score (nSPS) is 21.2. The Hall–Kier alpha value is -0.270. The first kappa shape index (κ1) is 11.7. The minimum absolute atomic E-state index is 1.00. The standard InChI is InChI=1S/C5H8ClFO5/c6-4(11)5(7,12)3(10)2(9)1-8/h2-3,8-10,12H,1H2/t2-,3-,5-/m1/s1. The molecule has 4 N–H and O–H groups in total. The van der Waals surface area contributed by atoms with Crippen LogP contribution in [-0.4, -0.2) is 50.3 Å². The van der Waals surface area contributed by atoms with Crippen molar-refractivity contribution in [2.45, 2.75) is 18.1 Å². The first-order valence-electron chi connectivity index (χ1n) is 2.92. The Morgan fingerprint density at radius 2 is 2.00 bits per heavy atom. The van der Waals surface area contributed by atoms with E-state index >= 15 is 0 Å². The van der Waals surface area contributed by atoms with E-state index in [1.54, 1.807) is 0 Å². The molecule has 0 rings (SSSR count). The van der Waals surface area contributed by atoms with Crippen molar-refractivity contribution in [3.63, 3.8) is 0 Å². The van der Waals surface area contributed by atoms with Crippen molar-refractivity contribution in [2.75, 3.05) is 6.61 Å². The number of carbonyl (C=O) groups excluding carboxylic acids is 1. The zero-order valence-corrected chi connectivity index (χ0v) is 6.57. The average molecular weight is 203 g/mol. The van der Waals surface area contributed by atoms with E-state index in [-0.39, 0.29) is 0 Å². The van der Waals surface area contributed by atoms with E-state index in [2.05, 4.69) is 11.6 Å². The highest BCUT2D eigenvalue weighted by atomic mass is 35.5. The molecule has 0 aromatic carbocycles. The van der Waals surface area contributed by atoms with Crippen LogP contribution >= 0.6 is 11.6 Å². The molecule has 7 heteroatoms. The highest BCUT2D eigenvalue weighted by Crippen LogP contribution is 2.18. The van der Waals surface area contributed by atoms with Gasteiger partial charge in [-0.05, 0) is 11.6 Å². The van der Waals surface area contributed by atoms with Gasteiger partial charge < -0.3 is 20.4 Å². The lowest BCUT2D eigenvalue weighted by Gasteiger charge is -2.23. The zero-order valence-electron chi connectivity index (χ0n) is 5.81. The second kappa shape index (κ2) is 4.11. The number of carbonyl (C=O) groups is 1. The maximum atomic E-state index is 12.6. The Balaban J connectivity index is 4.44. The van der Waals surface area contributed by atoms with Gasteiger partial charge in [0.2, 0.25) is 0 Å². The number of hydrogen-bond donors (Lipinski definition) is 4. The van der Waals surface area contributed by atoms with Crippen LogP contribution in [0.1, 0.15) is 0 Å². The van der Waals surface area contributed by atoms with Crippen LogP contribution in [0, 0.1) is 0 Å². The summed E-state index contributed by atoms with van der Waals surface area (Å²) in [5, 5.41) is 32.1. The van der Waals surface area contributed by atoms with Gasteiger partial charge in [0.15, 0.2) is 0 Å². The quantitative estimate of drug-likeness (QED) is 0.400. The summed E-state index contributed by atoms with van der Waals surface area (Å²) < 4.78 is 12.6. The summed E-state index contributed by atoms with van der Waals surface area (Å²) in [5.41, 5.74) is 0. The van der Waals surface area contributed by atoms with Crippen molar-refractivity contribution >= 4 is 16.8 Å². The van der Waals surface area contributed by atoms with Gasteiger partial charge in [0.05, 0.1) is 6.61 Å². The summed E-state index contributed by atoms with van der Waals surface area (Å²) in [7, 11) is 0. The fourth-order valence-electron chi connectivity index (χ4n) is 0.471. The zero-order chi connectivity index (χ0) is 9.94. The van der Waals surface area contributed by atoms with Crippen molar-refractivity contribution in [3.05, 3.63) is 0 Å². The fourth-order valence-corrected chi connectivity index (χ4v) is 0.583.